The highest BCUT2D eigenvalue weighted by molar-refractivity contribution is 5.69. The molecule has 0 bridgehead atoms. The first-order valence-electron chi connectivity index (χ1n) is 13.4. The summed E-state index contributed by atoms with van der Waals surface area (Å²) in [5.41, 5.74) is 0.903. The van der Waals surface area contributed by atoms with E-state index in [0.29, 0.717) is 11.3 Å². The van der Waals surface area contributed by atoms with Gasteiger partial charge in [0.05, 0.1) is 23.8 Å². The number of carbonyl (C=O) groups is 2. The van der Waals surface area contributed by atoms with Crippen LogP contribution in [0.4, 0.5) is 9.59 Å². The highest BCUT2D eigenvalue weighted by Crippen LogP contribution is 2.44. The van der Waals surface area contributed by atoms with Gasteiger partial charge in [-0.25, -0.2) is 9.59 Å². The highest BCUT2D eigenvalue weighted by Gasteiger charge is 2.48. The average Bonchev–Trinajstić information content (AvgIpc) is 3.55. The van der Waals surface area contributed by atoms with Crippen LogP contribution in [-0.4, -0.2) is 40.2 Å². The van der Waals surface area contributed by atoms with E-state index >= 15 is 0 Å². The molecule has 0 aliphatic heterocycles. The van der Waals surface area contributed by atoms with E-state index in [0.717, 1.165) is 29.7 Å². The van der Waals surface area contributed by atoms with Crippen molar-refractivity contribution in [2.45, 2.75) is 83.8 Å². The first-order valence-corrected chi connectivity index (χ1v) is 13.4. The molecule has 2 unspecified atom stereocenters. The van der Waals surface area contributed by atoms with Crippen LogP contribution >= 0.6 is 0 Å². The first-order chi connectivity index (χ1) is 18.8. The molecule has 1 saturated carbocycles. The van der Waals surface area contributed by atoms with E-state index in [1.165, 1.54) is 0 Å². The van der Waals surface area contributed by atoms with Crippen molar-refractivity contribution in [2.24, 2.45) is 0 Å². The molecule has 4 rings (SSSR count). The molecular formula is C31H37N3O6. The van der Waals surface area contributed by atoms with Gasteiger partial charge in [-0.1, -0.05) is 30.3 Å². The number of amides is 1. The summed E-state index contributed by atoms with van der Waals surface area (Å²) >= 11 is 0. The van der Waals surface area contributed by atoms with Gasteiger partial charge in [-0.3, -0.25) is 0 Å². The molecule has 1 fully saturated rings. The van der Waals surface area contributed by atoms with Crippen molar-refractivity contribution in [3.63, 3.8) is 0 Å². The summed E-state index contributed by atoms with van der Waals surface area (Å²) in [6.45, 7) is 11.5. The zero-order valence-corrected chi connectivity index (χ0v) is 23.9. The average molecular weight is 548 g/mol. The van der Waals surface area contributed by atoms with Gasteiger partial charge in [0.15, 0.2) is 0 Å². The van der Waals surface area contributed by atoms with Crippen LogP contribution in [0.1, 0.15) is 70.3 Å². The van der Waals surface area contributed by atoms with Crippen LogP contribution in [0.5, 0.6) is 0 Å². The maximum Gasteiger partial charge on any atom is 0.514 e. The number of aromatic nitrogens is 1. The van der Waals surface area contributed by atoms with Crippen molar-refractivity contribution in [2.75, 3.05) is 6.61 Å². The topological polar surface area (TPSA) is 112 Å². The fraction of sp³-hybridized carbons (Fsp3) is 0.452. The molecule has 1 heterocycles. The SMILES string of the molecule is CC1=C(OC(=O)OC(C)(C)C)C=CC(C)(OCC2(NC(=O)OCc3ccccc3)CC2)C1n1cc(C#N)cc1C. The summed E-state index contributed by atoms with van der Waals surface area (Å²) in [7, 11) is 0. The number of hydrogen-bond donors (Lipinski definition) is 1. The number of rotatable bonds is 8. The Bertz CT molecular complexity index is 1360. The summed E-state index contributed by atoms with van der Waals surface area (Å²) in [5.74, 6) is 0.357. The van der Waals surface area contributed by atoms with Gasteiger partial charge in [-0.05, 0) is 83.7 Å². The second kappa shape index (κ2) is 11.2. The van der Waals surface area contributed by atoms with E-state index in [1.54, 1.807) is 39.1 Å². The van der Waals surface area contributed by atoms with E-state index in [2.05, 4.69) is 11.4 Å². The number of alkyl carbamates (subject to hydrolysis) is 1. The Hall–Kier alpha value is -4.03. The van der Waals surface area contributed by atoms with Gasteiger partial charge in [0.2, 0.25) is 0 Å². The molecule has 0 radical (unpaired) electrons. The molecule has 212 valence electrons. The van der Waals surface area contributed by atoms with Gasteiger partial charge in [0, 0.05) is 11.9 Å². The van der Waals surface area contributed by atoms with E-state index in [9.17, 15) is 14.9 Å². The molecule has 9 nitrogen and oxygen atoms in total. The molecule has 2 aliphatic carbocycles. The number of carbonyl (C=O) groups excluding carboxylic acids is 2. The first kappa shape index (κ1) is 29.0. The maximum absolute atomic E-state index is 12.6. The molecule has 1 aromatic carbocycles. The second-order valence-corrected chi connectivity index (χ2v) is 11.7. The zero-order chi connectivity index (χ0) is 29.1. The molecule has 2 atom stereocenters. The number of aryl methyl sites for hydroxylation is 1. The summed E-state index contributed by atoms with van der Waals surface area (Å²) in [4.78, 5) is 25.0. The molecule has 1 amide bonds. The van der Waals surface area contributed by atoms with Crippen molar-refractivity contribution in [1.29, 1.82) is 5.26 Å². The van der Waals surface area contributed by atoms with E-state index < -0.39 is 35.0 Å². The van der Waals surface area contributed by atoms with Crippen LogP contribution in [-0.2, 0) is 25.6 Å². The molecule has 0 spiro atoms. The smallest absolute Gasteiger partial charge is 0.445 e. The van der Waals surface area contributed by atoms with Gasteiger partial charge in [0.25, 0.3) is 0 Å². The normalized spacial score (nSPS) is 21.4. The minimum Gasteiger partial charge on any atom is -0.445 e. The predicted octanol–water partition coefficient (Wildman–Crippen LogP) is 6.24. The van der Waals surface area contributed by atoms with Crippen molar-refractivity contribution in [1.82, 2.24) is 9.88 Å². The third kappa shape index (κ3) is 6.93. The lowest BCUT2D eigenvalue weighted by Gasteiger charge is -2.41. The monoisotopic (exact) mass is 547 g/mol. The molecule has 40 heavy (non-hydrogen) atoms. The minimum absolute atomic E-state index is 0.185. The lowest BCUT2D eigenvalue weighted by atomic mass is 9.84. The van der Waals surface area contributed by atoms with E-state index in [1.807, 2.05) is 61.7 Å². The highest BCUT2D eigenvalue weighted by atomic mass is 16.7. The summed E-state index contributed by atoms with van der Waals surface area (Å²) in [6, 6.07) is 13.1. The summed E-state index contributed by atoms with van der Waals surface area (Å²) in [5, 5.41) is 12.5. The molecular weight excluding hydrogens is 510 g/mol. The molecule has 0 saturated heterocycles. The number of ether oxygens (including phenoxy) is 4. The Balaban J connectivity index is 1.51. The minimum atomic E-state index is -0.882. The third-order valence-corrected chi connectivity index (χ3v) is 7.04. The quantitative estimate of drug-likeness (QED) is 0.389. The van der Waals surface area contributed by atoms with E-state index in [-0.39, 0.29) is 13.2 Å². The van der Waals surface area contributed by atoms with Gasteiger partial charge >= 0.3 is 12.2 Å². The summed E-state index contributed by atoms with van der Waals surface area (Å²) < 4.78 is 24.9. The lowest BCUT2D eigenvalue weighted by Crippen LogP contribution is -2.47. The third-order valence-electron chi connectivity index (χ3n) is 7.04. The maximum atomic E-state index is 12.6. The molecule has 2 aliphatic rings. The number of hydrogen-bond acceptors (Lipinski definition) is 7. The van der Waals surface area contributed by atoms with Gasteiger partial charge < -0.3 is 28.8 Å². The Morgan fingerprint density at radius 1 is 1.18 bits per heavy atom. The van der Waals surface area contributed by atoms with Crippen LogP contribution in [0.3, 0.4) is 0 Å². The zero-order valence-electron chi connectivity index (χ0n) is 23.9. The van der Waals surface area contributed by atoms with Crippen molar-refractivity contribution < 1.29 is 28.5 Å². The standard InChI is InChI=1S/C31H37N3O6/c1-21-16-24(17-32)18-34(21)26-22(2)25(39-28(36)40-29(3,4)5)12-13-30(26,6)38-20-31(14-15-31)33-27(35)37-19-23-10-8-7-9-11-23/h7-13,16,18,26H,14-15,19-20H2,1-6H3,(H,33,35). The van der Waals surface area contributed by atoms with Crippen molar-refractivity contribution >= 4 is 12.2 Å². The van der Waals surface area contributed by atoms with Gasteiger partial charge in [-0.15, -0.1) is 0 Å². The van der Waals surface area contributed by atoms with Crippen molar-refractivity contribution in [3.05, 3.63) is 82.9 Å². The number of benzene rings is 1. The second-order valence-electron chi connectivity index (χ2n) is 11.7. The predicted molar refractivity (Wildman–Crippen MR) is 148 cm³/mol. The fourth-order valence-electron chi connectivity index (χ4n) is 4.77. The number of nitriles is 1. The fourth-order valence-corrected chi connectivity index (χ4v) is 4.77. The van der Waals surface area contributed by atoms with Crippen LogP contribution in [0.15, 0.2) is 66.1 Å². The Labute approximate surface area is 235 Å². The summed E-state index contributed by atoms with van der Waals surface area (Å²) in [6.07, 6.45) is 5.56. The Morgan fingerprint density at radius 2 is 1.88 bits per heavy atom. The van der Waals surface area contributed by atoms with Crippen LogP contribution in [0, 0.1) is 18.3 Å². The van der Waals surface area contributed by atoms with Crippen LogP contribution in [0.2, 0.25) is 0 Å². The van der Waals surface area contributed by atoms with Gasteiger partial charge in [0.1, 0.15) is 29.6 Å². The van der Waals surface area contributed by atoms with Crippen LogP contribution < -0.4 is 5.32 Å². The van der Waals surface area contributed by atoms with Crippen molar-refractivity contribution in [3.8, 4) is 6.07 Å². The number of nitrogens with zero attached hydrogens (tertiary/aromatic N) is 2. The van der Waals surface area contributed by atoms with Crippen LogP contribution in [0.25, 0.3) is 0 Å². The number of nitrogens with one attached hydrogen (secondary N) is 1. The lowest BCUT2D eigenvalue weighted by molar-refractivity contribution is -0.0407. The molecule has 2 aromatic rings. The van der Waals surface area contributed by atoms with E-state index in [4.69, 9.17) is 18.9 Å². The molecule has 1 N–H and O–H groups in total. The molecule has 9 heteroatoms. The Morgan fingerprint density at radius 3 is 2.48 bits per heavy atom. The Kier molecular flexibility index (Phi) is 8.13. The largest absolute Gasteiger partial charge is 0.514 e. The molecule has 1 aromatic heterocycles. The van der Waals surface area contributed by atoms with Gasteiger partial charge in [-0.2, -0.15) is 5.26 Å². The number of allylic oxidation sites excluding steroid dienone is 1.